The van der Waals surface area contributed by atoms with Crippen LogP contribution in [0.5, 0.6) is 5.75 Å². The van der Waals surface area contributed by atoms with E-state index in [0.717, 1.165) is 16.9 Å². The standard InChI is InChI=1S/C20H25NO3/c1-14(2)19(20(22)23)21-12-16-8-10-18(11-9-16)24-13-17-6-4-15(3)5-7-17/h4-11,14,19,21H,12-13H2,1-3H3,(H,22,23). The molecule has 0 saturated heterocycles. The number of hydrogen-bond donors (Lipinski definition) is 2. The Morgan fingerprint density at radius 3 is 2.17 bits per heavy atom. The Morgan fingerprint density at radius 1 is 1.04 bits per heavy atom. The van der Waals surface area contributed by atoms with Crippen molar-refractivity contribution in [2.24, 2.45) is 5.92 Å². The highest BCUT2D eigenvalue weighted by Gasteiger charge is 2.20. The first-order chi connectivity index (χ1) is 11.5. The van der Waals surface area contributed by atoms with Crippen LogP contribution in [0.25, 0.3) is 0 Å². The number of ether oxygens (including phenoxy) is 1. The van der Waals surface area contributed by atoms with Crippen LogP contribution in [0.1, 0.15) is 30.5 Å². The van der Waals surface area contributed by atoms with Crippen LogP contribution in [-0.2, 0) is 17.9 Å². The summed E-state index contributed by atoms with van der Waals surface area (Å²) < 4.78 is 5.77. The van der Waals surface area contributed by atoms with Gasteiger partial charge in [-0.15, -0.1) is 0 Å². The highest BCUT2D eigenvalue weighted by molar-refractivity contribution is 5.73. The molecule has 4 heteroatoms. The summed E-state index contributed by atoms with van der Waals surface area (Å²) in [5, 5.41) is 12.3. The number of aryl methyl sites for hydroxylation is 1. The lowest BCUT2D eigenvalue weighted by Gasteiger charge is -2.18. The van der Waals surface area contributed by atoms with E-state index in [2.05, 4.69) is 36.5 Å². The van der Waals surface area contributed by atoms with Crippen LogP contribution >= 0.6 is 0 Å². The highest BCUT2D eigenvalue weighted by atomic mass is 16.5. The third-order valence-electron chi connectivity index (χ3n) is 3.91. The minimum absolute atomic E-state index is 0.0413. The SMILES string of the molecule is Cc1ccc(COc2ccc(CNC(C(=O)O)C(C)C)cc2)cc1. The predicted molar refractivity (Wildman–Crippen MR) is 95.1 cm³/mol. The molecule has 0 aliphatic carbocycles. The first kappa shape index (κ1) is 18.0. The van der Waals surface area contributed by atoms with Crippen molar-refractivity contribution in [2.45, 2.75) is 40.0 Å². The summed E-state index contributed by atoms with van der Waals surface area (Å²) in [5.74, 6) is 0.0284. The monoisotopic (exact) mass is 327 g/mol. The second kappa shape index (κ2) is 8.50. The number of hydrogen-bond acceptors (Lipinski definition) is 3. The molecule has 0 radical (unpaired) electrons. The molecule has 24 heavy (non-hydrogen) atoms. The normalized spacial score (nSPS) is 12.2. The van der Waals surface area contributed by atoms with E-state index in [-0.39, 0.29) is 5.92 Å². The molecule has 2 aromatic carbocycles. The summed E-state index contributed by atoms with van der Waals surface area (Å²) in [6, 6.07) is 15.5. The molecule has 0 amide bonds. The molecule has 0 heterocycles. The summed E-state index contributed by atoms with van der Waals surface area (Å²) in [4.78, 5) is 11.2. The number of aliphatic carboxylic acids is 1. The van der Waals surface area contributed by atoms with E-state index in [1.165, 1.54) is 5.56 Å². The van der Waals surface area contributed by atoms with Crippen molar-refractivity contribution in [1.29, 1.82) is 0 Å². The molecule has 0 aromatic heterocycles. The zero-order valence-corrected chi connectivity index (χ0v) is 14.5. The van der Waals surface area contributed by atoms with Gasteiger partial charge in [0.2, 0.25) is 0 Å². The van der Waals surface area contributed by atoms with Gasteiger partial charge in [-0.25, -0.2) is 0 Å². The van der Waals surface area contributed by atoms with Gasteiger partial charge in [0.25, 0.3) is 0 Å². The zero-order valence-electron chi connectivity index (χ0n) is 14.5. The third kappa shape index (κ3) is 5.39. The van der Waals surface area contributed by atoms with Crippen LogP contribution in [0, 0.1) is 12.8 Å². The van der Waals surface area contributed by atoms with Gasteiger partial charge in [-0.2, -0.15) is 0 Å². The molecular formula is C20H25NO3. The van der Waals surface area contributed by atoms with Crippen LogP contribution in [0.2, 0.25) is 0 Å². The molecule has 0 bridgehead atoms. The first-order valence-corrected chi connectivity index (χ1v) is 8.19. The molecule has 1 atom stereocenters. The van der Waals surface area contributed by atoms with Gasteiger partial charge in [-0.05, 0) is 36.1 Å². The Kier molecular flexibility index (Phi) is 6.38. The number of carbonyl (C=O) groups is 1. The van der Waals surface area contributed by atoms with Gasteiger partial charge in [-0.1, -0.05) is 55.8 Å². The van der Waals surface area contributed by atoms with Crippen molar-refractivity contribution >= 4 is 5.97 Å². The number of carboxylic acids is 1. The van der Waals surface area contributed by atoms with E-state index >= 15 is 0 Å². The van der Waals surface area contributed by atoms with Crippen molar-refractivity contribution in [3.8, 4) is 5.75 Å². The molecule has 128 valence electrons. The fourth-order valence-electron chi connectivity index (χ4n) is 2.39. The lowest BCUT2D eigenvalue weighted by atomic mass is 10.0. The van der Waals surface area contributed by atoms with Gasteiger partial charge in [-0.3, -0.25) is 4.79 Å². The smallest absolute Gasteiger partial charge is 0.320 e. The maximum Gasteiger partial charge on any atom is 0.320 e. The van der Waals surface area contributed by atoms with E-state index in [4.69, 9.17) is 4.74 Å². The van der Waals surface area contributed by atoms with Crippen LogP contribution in [0.3, 0.4) is 0 Å². The molecule has 0 saturated carbocycles. The zero-order chi connectivity index (χ0) is 17.5. The Labute approximate surface area is 143 Å². The summed E-state index contributed by atoms with van der Waals surface area (Å²) in [6.45, 7) is 6.91. The summed E-state index contributed by atoms with van der Waals surface area (Å²) in [5.41, 5.74) is 3.40. The summed E-state index contributed by atoms with van der Waals surface area (Å²) in [7, 11) is 0. The van der Waals surface area contributed by atoms with Gasteiger partial charge in [0, 0.05) is 6.54 Å². The van der Waals surface area contributed by atoms with Gasteiger partial charge in [0.15, 0.2) is 0 Å². The Morgan fingerprint density at radius 2 is 1.62 bits per heavy atom. The minimum atomic E-state index is -0.817. The molecule has 2 rings (SSSR count). The maximum absolute atomic E-state index is 11.2. The molecule has 2 aromatic rings. The molecular weight excluding hydrogens is 302 g/mol. The molecule has 0 spiro atoms. The van der Waals surface area contributed by atoms with Crippen molar-refractivity contribution in [2.75, 3.05) is 0 Å². The minimum Gasteiger partial charge on any atom is -0.489 e. The van der Waals surface area contributed by atoms with E-state index in [0.29, 0.717) is 13.2 Å². The highest BCUT2D eigenvalue weighted by Crippen LogP contribution is 2.15. The Bertz CT molecular complexity index is 648. The Hall–Kier alpha value is -2.33. The lowest BCUT2D eigenvalue weighted by molar-refractivity contribution is -0.140. The summed E-state index contributed by atoms with van der Waals surface area (Å²) in [6.07, 6.45) is 0. The lowest BCUT2D eigenvalue weighted by Crippen LogP contribution is -2.40. The molecule has 4 nitrogen and oxygen atoms in total. The van der Waals surface area contributed by atoms with Gasteiger partial charge in [0.1, 0.15) is 18.4 Å². The average Bonchev–Trinajstić information content (AvgIpc) is 2.55. The topological polar surface area (TPSA) is 58.6 Å². The predicted octanol–water partition coefficient (Wildman–Crippen LogP) is 3.77. The molecule has 1 unspecified atom stereocenters. The van der Waals surface area contributed by atoms with Crippen LogP contribution in [0.4, 0.5) is 0 Å². The van der Waals surface area contributed by atoms with Gasteiger partial charge < -0.3 is 15.2 Å². The quantitative estimate of drug-likeness (QED) is 0.775. The van der Waals surface area contributed by atoms with Crippen LogP contribution in [-0.4, -0.2) is 17.1 Å². The fraction of sp³-hybridized carbons (Fsp3) is 0.350. The van der Waals surface area contributed by atoms with E-state index < -0.39 is 12.0 Å². The van der Waals surface area contributed by atoms with Crippen molar-refractivity contribution in [1.82, 2.24) is 5.32 Å². The number of nitrogens with one attached hydrogen (secondary N) is 1. The van der Waals surface area contributed by atoms with Gasteiger partial charge >= 0.3 is 5.97 Å². The van der Waals surface area contributed by atoms with E-state index in [9.17, 15) is 9.90 Å². The molecule has 0 aliphatic rings. The fourth-order valence-corrected chi connectivity index (χ4v) is 2.39. The van der Waals surface area contributed by atoms with Crippen LogP contribution in [0.15, 0.2) is 48.5 Å². The maximum atomic E-state index is 11.2. The third-order valence-corrected chi connectivity index (χ3v) is 3.91. The Balaban J connectivity index is 1.86. The van der Waals surface area contributed by atoms with Crippen molar-refractivity contribution in [3.05, 3.63) is 65.2 Å². The number of rotatable bonds is 8. The molecule has 0 aliphatic heterocycles. The largest absolute Gasteiger partial charge is 0.489 e. The average molecular weight is 327 g/mol. The van der Waals surface area contributed by atoms with Crippen LogP contribution < -0.4 is 10.1 Å². The van der Waals surface area contributed by atoms with E-state index in [1.54, 1.807) is 0 Å². The van der Waals surface area contributed by atoms with E-state index in [1.807, 2.05) is 38.1 Å². The van der Waals surface area contributed by atoms with Crippen molar-refractivity contribution < 1.29 is 14.6 Å². The molecule has 2 N–H and O–H groups in total. The number of carboxylic acid groups (broad SMARTS) is 1. The second-order valence-electron chi connectivity index (χ2n) is 6.36. The number of benzene rings is 2. The molecule has 0 fully saturated rings. The van der Waals surface area contributed by atoms with Gasteiger partial charge in [0.05, 0.1) is 0 Å². The van der Waals surface area contributed by atoms with Crippen molar-refractivity contribution in [3.63, 3.8) is 0 Å². The summed E-state index contributed by atoms with van der Waals surface area (Å²) >= 11 is 0. The second-order valence-corrected chi connectivity index (χ2v) is 6.36. The first-order valence-electron chi connectivity index (χ1n) is 8.19.